The maximum atomic E-state index is 5.98. The summed E-state index contributed by atoms with van der Waals surface area (Å²) in [6.45, 7) is 8.73. The Morgan fingerprint density at radius 2 is 1.86 bits per heavy atom. The molecule has 0 radical (unpaired) electrons. The van der Waals surface area contributed by atoms with Gasteiger partial charge in [0.2, 0.25) is 0 Å². The first kappa shape index (κ1) is 15.4. The van der Waals surface area contributed by atoms with E-state index in [-0.39, 0.29) is 6.04 Å². The first-order chi connectivity index (χ1) is 10.1. The SMILES string of the molecule is CC#CCOc1c(C(C)NC(C)C)ccc2ccccc12. The van der Waals surface area contributed by atoms with Crippen LogP contribution in [-0.2, 0) is 0 Å². The molecule has 0 aliphatic rings. The zero-order chi connectivity index (χ0) is 15.2. The molecule has 0 saturated carbocycles. The molecule has 2 nitrogen and oxygen atoms in total. The lowest BCUT2D eigenvalue weighted by atomic mass is 10.0. The van der Waals surface area contributed by atoms with Crippen LogP contribution >= 0.6 is 0 Å². The van der Waals surface area contributed by atoms with Gasteiger partial charge in [0.15, 0.2) is 0 Å². The zero-order valence-electron chi connectivity index (χ0n) is 13.2. The fraction of sp³-hybridized carbons (Fsp3) is 0.368. The number of nitrogens with one attached hydrogen (secondary N) is 1. The molecule has 0 amide bonds. The molecule has 2 aromatic rings. The normalized spacial score (nSPS) is 12.0. The van der Waals surface area contributed by atoms with Crippen molar-refractivity contribution in [2.24, 2.45) is 0 Å². The predicted octanol–water partition coefficient (Wildman–Crippen LogP) is 4.30. The van der Waals surface area contributed by atoms with Crippen molar-refractivity contribution in [2.75, 3.05) is 6.61 Å². The van der Waals surface area contributed by atoms with E-state index in [4.69, 9.17) is 4.74 Å². The third-order valence-corrected chi connectivity index (χ3v) is 3.43. The van der Waals surface area contributed by atoms with Gasteiger partial charge in [-0.1, -0.05) is 56.2 Å². The summed E-state index contributed by atoms with van der Waals surface area (Å²) in [6, 6.07) is 13.3. The van der Waals surface area contributed by atoms with Crippen molar-refractivity contribution in [3.8, 4) is 17.6 Å². The molecule has 0 saturated heterocycles. The van der Waals surface area contributed by atoms with Crippen LogP contribution in [0.5, 0.6) is 5.75 Å². The smallest absolute Gasteiger partial charge is 0.149 e. The molecule has 1 atom stereocenters. The highest BCUT2D eigenvalue weighted by atomic mass is 16.5. The van der Waals surface area contributed by atoms with E-state index < -0.39 is 0 Å². The van der Waals surface area contributed by atoms with Crippen molar-refractivity contribution in [2.45, 2.75) is 39.8 Å². The van der Waals surface area contributed by atoms with Crippen LogP contribution in [0.3, 0.4) is 0 Å². The van der Waals surface area contributed by atoms with E-state index in [1.54, 1.807) is 0 Å². The van der Waals surface area contributed by atoms with Crippen LogP contribution in [-0.4, -0.2) is 12.6 Å². The summed E-state index contributed by atoms with van der Waals surface area (Å²) in [5.41, 5.74) is 1.18. The molecule has 2 aromatic carbocycles. The van der Waals surface area contributed by atoms with Gasteiger partial charge in [0.1, 0.15) is 12.4 Å². The molecule has 0 aromatic heterocycles. The lowest BCUT2D eigenvalue weighted by molar-refractivity contribution is 0.363. The summed E-state index contributed by atoms with van der Waals surface area (Å²) in [4.78, 5) is 0. The minimum absolute atomic E-state index is 0.235. The van der Waals surface area contributed by atoms with Gasteiger partial charge in [0.25, 0.3) is 0 Å². The van der Waals surface area contributed by atoms with E-state index in [0.717, 1.165) is 11.1 Å². The molecule has 110 valence electrons. The third-order valence-electron chi connectivity index (χ3n) is 3.43. The van der Waals surface area contributed by atoms with Crippen LogP contribution in [0.25, 0.3) is 10.8 Å². The molecule has 2 heteroatoms. The standard InChI is InChI=1S/C19H23NO/c1-5-6-13-21-19-17(15(4)20-14(2)3)12-11-16-9-7-8-10-18(16)19/h7-12,14-15,20H,13H2,1-4H3. The lowest BCUT2D eigenvalue weighted by Gasteiger charge is -2.21. The Labute approximate surface area is 127 Å². The summed E-state index contributed by atoms with van der Waals surface area (Å²) in [5, 5.41) is 5.87. The van der Waals surface area contributed by atoms with Crippen LogP contribution in [0, 0.1) is 11.8 Å². The number of hydrogen-bond donors (Lipinski definition) is 1. The van der Waals surface area contributed by atoms with E-state index >= 15 is 0 Å². The number of rotatable bonds is 5. The van der Waals surface area contributed by atoms with Crippen molar-refractivity contribution in [1.82, 2.24) is 5.32 Å². The summed E-state index contributed by atoms with van der Waals surface area (Å²) >= 11 is 0. The molecule has 21 heavy (non-hydrogen) atoms. The topological polar surface area (TPSA) is 21.3 Å². The maximum absolute atomic E-state index is 5.98. The number of fused-ring (bicyclic) bond motifs is 1. The van der Waals surface area contributed by atoms with E-state index in [1.165, 1.54) is 10.9 Å². The molecule has 2 rings (SSSR count). The second-order valence-corrected chi connectivity index (χ2v) is 5.46. The Kier molecular flexibility index (Phi) is 5.25. The van der Waals surface area contributed by atoms with Crippen molar-refractivity contribution in [1.29, 1.82) is 0 Å². The maximum Gasteiger partial charge on any atom is 0.149 e. The monoisotopic (exact) mass is 281 g/mol. The summed E-state index contributed by atoms with van der Waals surface area (Å²) in [6.07, 6.45) is 0. The van der Waals surface area contributed by atoms with Gasteiger partial charge < -0.3 is 10.1 Å². The Morgan fingerprint density at radius 3 is 2.57 bits per heavy atom. The summed E-state index contributed by atoms with van der Waals surface area (Å²) in [7, 11) is 0. The molecule has 1 unspecified atom stereocenters. The quantitative estimate of drug-likeness (QED) is 0.825. The Hall–Kier alpha value is -1.98. The summed E-state index contributed by atoms with van der Waals surface area (Å²) < 4.78 is 5.98. The van der Waals surface area contributed by atoms with Gasteiger partial charge >= 0.3 is 0 Å². The van der Waals surface area contributed by atoms with Crippen molar-refractivity contribution in [3.63, 3.8) is 0 Å². The average Bonchev–Trinajstić information content (AvgIpc) is 2.46. The molecule has 1 N–H and O–H groups in total. The number of hydrogen-bond acceptors (Lipinski definition) is 2. The van der Waals surface area contributed by atoms with Crippen LogP contribution in [0.4, 0.5) is 0 Å². The minimum atomic E-state index is 0.235. The molecule has 0 spiro atoms. The average molecular weight is 281 g/mol. The molecule has 0 bridgehead atoms. The van der Waals surface area contributed by atoms with Crippen LogP contribution in [0.1, 0.15) is 39.3 Å². The first-order valence-corrected chi connectivity index (χ1v) is 7.43. The second kappa shape index (κ2) is 7.15. The highest BCUT2D eigenvalue weighted by Gasteiger charge is 2.15. The zero-order valence-corrected chi connectivity index (χ0v) is 13.2. The van der Waals surface area contributed by atoms with Crippen LogP contribution in [0.15, 0.2) is 36.4 Å². The van der Waals surface area contributed by atoms with Gasteiger partial charge in [0, 0.05) is 23.0 Å². The van der Waals surface area contributed by atoms with Crippen LogP contribution < -0.4 is 10.1 Å². The minimum Gasteiger partial charge on any atom is -0.480 e. The largest absolute Gasteiger partial charge is 0.480 e. The molecule has 0 heterocycles. The van der Waals surface area contributed by atoms with Crippen molar-refractivity contribution < 1.29 is 4.74 Å². The molecule has 0 aliphatic carbocycles. The Morgan fingerprint density at radius 1 is 1.10 bits per heavy atom. The molecular formula is C19H23NO. The molecule has 0 aliphatic heterocycles. The lowest BCUT2D eigenvalue weighted by Crippen LogP contribution is -2.26. The fourth-order valence-electron chi connectivity index (χ4n) is 2.53. The van der Waals surface area contributed by atoms with Gasteiger partial charge in [-0.2, -0.15) is 0 Å². The fourth-order valence-corrected chi connectivity index (χ4v) is 2.53. The molecule has 0 fully saturated rings. The Bertz CT molecular complexity index is 664. The Balaban J connectivity index is 2.46. The third kappa shape index (κ3) is 3.77. The highest BCUT2D eigenvalue weighted by Crippen LogP contribution is 2.33. The second-order valence-electron chi connectivity index (χ2n) is 5.46. The van der Waals surface area contributed by atoms with E-state index in [1.807, 2.05) is 19.1 Å². The van der Waals surface area contributed by atoms with Gasteiger partial charge in [-0.05, 0) is 19.2 Å². The van der Waals surface area contributed by atoms with Crippen molar-refractivity contribution in [3.05, 3.63) is 42.0 Å². The molecular weight excluding hydrogens is 258 g/mol. The first-order valence-electron chi connectivity index (χ1n) is 7.43. The predicted molar refractivity (Wildman–Crippen MR) is 89.6 cm³/mol. The highest BCUT2D eigenvalue weighted by molar-refractivity contribution is 5.89. The van der Waals surface area contributed by atoms with E-state index in [0.29, 0.717) is 12.6 Å². The van der Waals surface area contributed by atoms with E-state index in [2.05, 4.69) is 62.2 Å². The van der Waals surface area contributed by atoms with Gasteiger partial charge in [-0.3, -0.25) is 0 Å². The number of benzene rings is 2. The summed E-state index contributed by atoms with van der Waals surface area (Å²) in [5.74, 6) is 6.79. The number of ether oxygens (including phenoxy) is 1. The van der Waals surface area contributed by atoms with Gasteiger partial charge in [-0.25, -0.2) is 0 Å². The van der Waals surface area contributed by atoms with Gasteiger partial charge in [0.05, 0.1) is 0 Å². The van der Waals surface area contributed by atoms with Crippen LogP contribution in [0.2, 0.25) is 0 Å². The van der Waals surface area contributed by atoms with E-state index in [9.17, 15) is 0 Å². The van der Waals surface area contributed by atoms with Crippen molar-refractivity contribution >= 4 is 10.8 Å². The van der Waals surface area contributed by atoms with Gasteiger partial charge in [-0.15, -0.1) is 5.92 Å².